The number of thiazole rings is 1. The number of rotatable bonds is 5. The fraction of sp³-hybridized carbons (Fsp3) is 0.667. The van der Waals surface area contributed by atoms with Crippen molar-refractivity contribution < 1.29 is 4.79 Å². The second-order valence-corrected chi connectivity index (χ2v) is 8.70. The van der Waals surface area contributed by atoms with Gasteiger partial charge >= 0.3 is 0 Å². The first-order valence-electron chi connectivity index (χ1n) is 9.40. The van der Waals surface area contributed by atoms with Gasteiger partial charge in [0.2, 0.25) is 0 Å². The molecule has 1 amide bonds. The molecule has 2 aromatic rings. The topological polar surface area (TPSA) is 89.9 Å². The Hall–Kier alpha value is -1.80. The van der Waals surface area contributed by atoms with Gasteiger partial charge in [-0.1, -0.05) is 13.8 Å². The maximum atomic E-state index is 13.0. The van der Waals surface area contributed by atoms with Gasteiger partial charge in [-0.05, 0) is 32.1 Å². The summed E-state index contributed by atoms with van der Waals surface area (Å²) in [6.45, 7) is 7.62. The Bertz CT molecular complexity index is 808. The molecule has 2 aliphatic rings. The molecule has 0 spiro atoms. The number of hydrogen-bond donors (Lipinski definition) is 1. The van der Waals surface area contributed by atoms with E-state index in [4.69, 9.17) is 10.7 Å². The molecule has 8 heteroatoms. The molecule has 1 saturated carbocycles. The van der Waals surface area contributed by atoms with Crippen molar-refractivity contribution in [1.29, 1.82) is 0 Å². The zero-order valence-corrected chi connectivity index (χ0v) is 16.4. The molecule has 2 atom stereocenters. The van der Waals surface area contributed by atoms with Gasteiger partial charge in [0, 0.05) is 17.8 Å². The van der Waals surface area contributed by atoms with Crippen LogP contribution in [0.3, 0.4) is 0 Å². The average Bonchev–Trinajstić information content (AvgIpc) is 3.16. The minimum Gasteiger partial charge on any atom is -0.325 e. The van der Waals surface area contributed by atoms with Crippen LogP contribution >= 0.6 is 11.3 Å². The Morgan fingerprint density at radius 1 is 1.35 bits per heavy atom. The lowest BCUT2D eigenvalue weighted by molar-refractivity contribution is 0.0625. The molecule has 4 rings (SSSR count). The van der Waals surface area contributed by atoms with E-state index in [-0.39, 0.29) is 18.0 Å². The first-order valence-corrected chi connectivity index (χ1v) is 10.3. The molecular weight excluding hydrogens is 348 g/mol. The molecule has 0 aromatic carbocycles. The van der Waals surface area contributed by atoms with Crippen LogP contribution in [0.5, 0.6) is 0 Å². The maximum absolute atomic E-state index is 13.0. The third-order valence-electron chi connectivity index (χ3n) is 5.10. The fourth-order valence-electron chi connectivity index (χ4n) is 3.49. The van der Waals surface area contributed by atoms with Crippen LogP contribution in [0.1, 0.15) is 85.2 Å². The summed E-state index contributed by atoms with van der Waals surface area (Å²) < 4.78 is 1.97. The first kappa shape index (κ1) is 17.6. The number of hydrogen-bond acceptors (Lipinski definition) is 6. The van der Waals surface area contributed by atoms with Crippen LogP contribution in [0.25, 0.3) is 0 Å². The van der Waals surface area contributed by atoms with E-state index in [9.17, 15) is 4.79 Å². The maximum Gasteiger partial charge on any atom is 0.274 e. The average molecular weight is 375 g/mol. The van der Waals surface area contributed by atoms with E-state index < -0.39 is 0 Å². The molecule has 26 heavy (non-hydrogen) atoms. The van der Waals surface area contributed by atoms with Gasteiger partial charge in [-0.3, -0.25) is 4.79 Å². The molecule has 2 aromatic heterocycles. The third-order valence-corrected chi connectivity index (χ3v) is 6.07. The van der Waals surface area contributed by atoms with E-state index >= 15 is 0 Å². The van der Waals surface area contributed by atoms with Crippen LogP contribution < -0.4 is 5.73 Å². The fourth-order valence-corrected chi connectivity index (χ4v) is 4.29. The molecule has 0 radical (unpaired) electrons. The van der Waals surface area contributed by atoms with Crippen molar-refractivity contribution in [2.45, 2.75) is 64.6 Å². The van der Waals surface area contributed by atoms with Crippen LogP contribution in [0.4, 0.5) is 0 Å². The van der Waals surface area contributed by atoms with Gasteiger partial charge in [-0.15, -0.1) is 11.3 Å². The van der Waals surface area contributed by atoms with Crippen molar-refractivity contribution in [1.82, 2.24) is 24.6 Å². The molecular formula is C18H26N6OS. The van der Waals surface area contributed by atoms with Gasteiger partial charge in [-0.2, -0.15) is 5.10 Å². The van der Waals surface area contributed by atoms with Crippen LogP contribution in [-0.2, 0) is 6.54 Å². The lowest BCUT2D eigenvalue weighted by atomic mass is 10.1. The van der Waals surface area contributed by atoms with Gasteiger partial charge in [0.1, 0.15) is 16.5 Å². The largest absolute Gasteiger partial charge is 0.325 e. The van der Waals surface area contributed by atoms with Crippen LogP contribution in [0, 0.1) is 5.92 Å². The van der Waals surface area contributed by atoms with Gasteiger partial charge in [0.15, 0.2) is 5.82 Å². The van der Waals surface area contributed by atoms with Crippen LogP contribution in [0.15, 0.2) is 5.38 Å². The van der Waals surface area contributed by atoms with Crippen LogP contribution in [0.2, 0.25) is 0 Å². The third kappa shape index (κ3) is 3.27. The minimum absolute atomic E-state index is 0.0426. The smallest absolute Gasteiger partial charge is 0.274 e. The standard InChI is InChI=1S/C18H26N6OS/c1-10(2)8-13(19)17-20-14(9-26-17)18(25)23-6-7-24-16(11(23)3)21-15(22-24)12-4-5-12/h9-13H,4-8,19H2,1-3H3/t11-,13+/m1/s1. The van der Waals surface area contributed by atoms with E-state index in [0.717, 1.165) is 23.1 Å². The first-order chi connectivity index (χ1) is 12.4. The Kier molecular flexibility index (Phi) is 4.56. The second kappa shape index (κ2) is 6.74. The summed E-state index contributed by atoms with van der Waals surface area (Å²) in [5, 5.41) is 7.29. The Labute approximate surface area is 157 Å². The van der Waals surface area contributed by atoms with E-state index in [1.807, 2.05) is 21.9 Å². The molecule has 0 saturated heterocycles. The molecule has 1 aliphatic heterocycles. The summed E-state index contributed by atoms with van der Waals surface area (Å²) in [4.78, 5) is 24.1. The van der Waals surface area contributed by atoms with Crippen molar-refractivity contribution in [3.8, 4) is 0 Å². The van der Waals surface area contributed by atoms with Gasteiger partial charge < -0.3 is 10.6 Å². The molecule has 140 valence electrons. The number of nitrogens with zero attached hydrogens (tertiary/aromatic N) is 5. The number of carbonyl (C=O) groups excluding carboxylic acids is 1. The number of fused-ring (bicyclic) bond motifs is 1. The van der Waals surface area contributed by atoms with Crippen molar-refractivity contribution in [2.24, 2.45) is 11.7 Å². The molecule has 1 aliphatic carbocycles. The predicted molar refractivity (Wildman–Crippen MR) is 99.9 cm³/mol. The highest BCUT2D eigenvalue weighted by Gasteiger charge is 2.35. The summed E-state index contributed by atoms with van der Waals surface area (Å²) in [5.74, 6) is 2.81. The second-order valence-electron chi connectivity index (χ2n) is 7.81. The Morgan fingerprint density at radius 3 is 2.81 bits per heavy atom. The van der Waals surface area contributed by atoms with Crippen molar-refractivity contribution in [3.05, 3.63) is 27.7 Å². The van der Waals surface area contributed by atoms with Crippen molar-refractivity contribution >= 4 is 17.2 Å². The quantitative estimate of drug-likeness (QED) is 0.869. The number of aromatic nitrogens is 4. The molecule has 1 fully saturated rings. The zero-order valence-electron chi connectivity index (χ0n) is 15.6. The summed E-state index contributed by atoms with van der Waals surface area (Å²) in [7, 11) is 0. The van der Waals surface area contributed by atoms with Gasteiger partial charge in [0.25, 0.3) is 5.91 Å². The number of nitrogens with two attached hydrogens (primary N) is 1. The summed E-state index contributed by atoms with van der Waals surface area (Å²) >= 11 is 1.48. The minimum atomic E-state index is -0.107. The van der Waals surface area contributed by atoms with E-state index in [1.54, 1.807) is 0 Å². The van der Waals surface area contributed by atoms with Crippen molar-refractivity contribution in [3.63, 3.8) is 0 Å². The van der Waals surface area contributed by atoms with E-state index in [2.05, 4.69) is 23.9 Å². The molecule has 0 unspecified atom stereocenters. The highest BCUT2D eigenvalue weighted by atomic mass is 32.1. The normalized spacial score (nSPS) is 21.1. The number of amides is 1. The van der Waals surface area contributed by atoms with Gasteiger partial charge in [-0.25, -0.2) is 14.6 Å². The lowest BCUT2D eigenvalue weighted by Gasteiger charge is -2.32. The SMILES string of the molecule is CC(C)C[C@H](N)c1nc(C(=O)N2CCn3nc(C4CC4)nc3[C@H]2C)cs1. The van der Waals surface area contributed by atoms with E-state index in [0.29, 0.717) is 30.6 Å². The highest BCUT2D eigenvalue weighted by molar-refractivity contribution is 7.09. The predicted octanol–water partition coefficient (Wildman–Crippen LogP) is 2.87. The Balaban J connectivity index is 1.50. The zero-order chi connectivity index (χ0) is 18.4. The van der Waals surface area contributed by atoms with Gasteiger partial charge in [0.05, 0.1) is 18.6 Å². The molecule has 7 nitrogen and oxygen atoms in total. The molecule has 0 bridgehead atoms. The van der Waals surface area contributed by atoms with E-state index in [1.165, 1.54) is 24.2 Å². The monoisotopic (exact) mass is 374 g/mol. The summed E-state index contributed by atoms with van der Waals surface area (Å²) in [6, 6.07) is -0.199. The number of carbonyl (C=O) groups is 1. The summed E-state index contributed by atoms with van der Waals surface area (Å²) in [5.41, 5.74) is 6.71. The van der Waals surface area contributed by atoms with Crippen molar-refractivity contribution in [2.75, 3.05) is 6.54 Å². The highest BCUT2D eigenvalue weighted by Crippen LogP contribution is 2.39. The van der Waals surface area contributed by atoms with Crippen LogP contribution in [-0.4, -0.2) is 37.1 Å². The molecule has 3 heterocycles. The lowest BCUT2D eigenvalue weighted by Crippen LogP contribution is -2.41. The molecule has 2 N–H and O–H groups in total. The summed E-state index contributed by atoms with van der Waals surface area (Å²) in [6.07, 6.45) is 3.23. The Morgan fingerprint density at radius 2 is 2.12 bits per heavy atom.